The number of Topliss-reactive ketones (excluding diaryl/α,β-unsaturated/α-hetero) is 1. The zero-order chi connectivity index (χ0) is 29.1. The number of benzene rings is 1. The zero-order valence-corrected chi connectivity index (χ0v) is 24.3. The molecule has 11 heteroatoms. The molecule has 3 aliphatic rings. The molecule has 3 aromatic rings. The molecule has 6 rings (SSSR count). The lowest BCUT2D eigenvalue weighted by Gasteiger charge is -2.37. The van der Waals surface area contributed by atoms with E-state index in [0.29, 0.717) is 80.1 Å². The van der Waals surface area contributed by atoms with Crippen molar-refractivity contribution in [2.75, 3.05) is 54.4 Å². The number of halogens is 1. The van der Waals surface area contributed by atoms with Crippen LogP contribution in [0.25, 0.3) is 0 Å². The van der Waals surface area contributed by atoms with Crippen molar-refractivity contribution >= 4 is 46.4 Å². The number of amides is 2. The van der Waals surface area contributed by atoms with Gasteiger partial charge in [-0.05, 0) is 62.4 Å². The summed E-state index contributed by atoms with van der Waals surface area (Å²) in [6.07, 6.45) is 8.61. The molecule has 4 heterocycles. The summed E-state index contributed by atoms with van der Waals surface area (Å²) in [5, 5.41) is 3.62. The van der Waals surface area contributed by atoms with E-state index in [0.717, 1.165) is 43.7 Å². The standard InChI is InChI=1S/C31H35ClN6O4/c32-23-5-3-12-33-29(23)38-17-15-36(16-18-38)26-11-10-22(27(39)6-1-2-13-37-14-4-7-28(37)40)19-24(26)34-30(41)25-20-42-31(35-25)21-8-9-21/h3,5,10-12,19-21H,1-2,4,6-9,13-18H2,(H,34,41). The first kappa shape index (κ1) is 28.2. The maximum Gasteiger partial charge on any atom is 0.277 e. The number of hydrogen-bond donors (Lipinski definition) is 1. The van der Waals surface area contributed by atoms with Crippen molar-refractivity contribution in [1.29, 1.82) is 0 Å². The van der Waals surface area contributed by atoms with E-state index in [1.54, 1.807) is 12.3 Å². The SMILES string of the molecule is O=C(CCCCN1CCCC1=O)c1ccc(N2CCN(c3ncccc3Cl)CC2)c(NC(=O)c2coc(C3CC3)n2)c1. The highest BCUT2D eigenvalue weighted by molar-refractivity contribution is 6.32. The van der Waals surface area contributed by atoms with Crippen molar-refractivity contribution in [3.8, 4) is 0 Å². The van der Waals surface area contributed by atoms with Crippen LogP contribution in [0.15, 0.2) is 47.2 Å². The predicted molar refractivity (Wildman–Crippen MR) is 161 cm³/mol. The summed E-state index contributed by atoms with van der Waals surface area (Å²) in [6.45, 7) is 4.30. The van der Waals surface area contributed by atoms with Gasteiger partial charge in [-0.3, -0.25) is 14.4 Å². The summed E-state index contributed by atoms with van der Waals surface area (Å²) >= 11 is 6.38. The van der Waals surface area contributed by atoms with Crippen molar-refractivity contribution in [2.24, 2.45) is 0 Å². The first-order valence-electron chi connectivity index (χ1n) is 14.8. The number of aromatic nitrogens is 2. The molecule has 0 bridgehead atoms. The maximum absolute atomic E-state index is 13.2. The lowest BCUT2D eigenvalue weighted by Crippen LogP contribution is -2.47. The number of oxazole rings is 1. The van der Waals surface area contributed by atoms with Gasteiger partial charge in [0.2, 0.25) is 5.91 Å². The van der Waals surface area contributed by atoms with Gasteiger partial charge in [0.25, 0.3) is 5.91 Å². The van der Waals surface area contributed by atoms with Crippen LogP contribution in [0.5, 0.6) is 0 Å². The summed E-state index contributed by atoms with van der Waals surface area (Å²) in [5.41, 5.74) is 2.17. The number of nitrogens with zero attached hydrogens (tertiary/aromatic N) is 5. The second-order valence-corrected chi connectivity index (χ2v) is 11.6. The molecule has 1 aliphatic carbocycles. The van der Waals surface area contributed by atoms with Gasteiger partial charge in [-0.15, -0.1) is 0 Å². The number of nitrogens with one attached hydrogen (secondary N) is 1. The van der Waals surface area contributed by atoms with E-state index < -0.39 is 0 Å². The van der Waals surface area contributed by atoms with Crippen LogP contribution in [0.4, 0.5) is 17.2 Å². The highest BCUT2D eigenvalue weighted by Gasteiger charge is 2.30. The van der Waals surface area contributed by atoms with Crippen LogP contribution in [-0.2, 0) is 4.79 Å². The van der Waals surface area contributed by atoms with Gasteiger partial charge >= 0.3 is 0 Å². The maximum atomic E-state index is 13.2. The van der Waals surface area contributed by atoms with Crippen molar-refractivity contribution < 1.29 is 18.8 Å². The largest absolute Gasteiger partial charge is 0.448 e. The molecular formula is C31H35ClN6O4. The molecule has 2 aromatic heterocycles. The molecule has 0 spiro atoms. The van der Waals surface area contributed by atoms with E-state index in [4.69, 9.17) is 16.0 Å². The highest BCUT2D eigenvalue weighted by atomic mass is 35.5. The molecule has 0 atom stereocenters. The Labute approximate surface area is 250 Å². The minimum absolute atomic E-state index is 0.0110. The average molecular weight is 591 g/mol. The summed E-state index contributed by atoms with van der Waals surface area (Å²) in [7, 11) is 0. The smallest absolute Gasteiger partial charge is 0.277 e. The molecule has 3 fully saturated rings. The number of ketones is 1. The molecule has 1 N–H and O–H groups in total. The number of unbranched alkanes of at least 4 members (excludes halogenated alkanes) is 1. The fourth-order valence-electron chi connectivity index (χ4n) is 5.62. The summed E-state index contributed by atoms with van der Waals surface area (Å²) in [6, 6.07) is 9.17. The number of carbonyl (C=O) groups excluding carboxylic acids is 3. The Hall–Kier alpha value is -3.92. The van der Waals surface area contributed by atoms with E-state index >= 15 is 0 Å². The predicted octanol–water partition coefficient (Wildman–Crippen LogP) is 5.15. The van der Waals surface area contributed by atoms with E-state index in [-0.39, 0.29) is 23.3 Å². The van der Waals surface area contributed by atoms with Crippen LogP contribution in [0.1, 0.15) is 77.6 Å². The third kappa shape index (κ3) is 6.43. The van der Waals surface area contributed by atoms with Crippen LogP contribution >= 0.6 is 11.6 Å². The Morgan fingerprint density at radius 3 is 2.60 bits per heavy atom. The molecule has 0 unspecified atom stereocenters. The van der Waals surface area contributed by atoms with Gasteiger partial charge in [-0.1, -0.05) is 11.6 Å². The summed E-state index contributed by atoms with van der Waals surface area (Å²) in [5.74, 6) is 1.51. The van der Waals surface area contributed by atoms with E-state index in [9.17, 15) is 14.4 Å². The molecule has 2 aliphatic heterocycles. The lowest BCUT2D eigenvalue weighted by atomic mass is 10.0. The Kier molecular flexibility index (Phi) is 8.41. The molecule has 10 nitrogen and oxygen atoms in total. The van der Waals surface area contributed by atoms with E-state index in [1.807, 2.05) is 29.2 Å². The molecule has 2 saturated heterocycles. The topological polar surface area (TPSA) is 112 Å². The van der Waals surface area contributed by atoms with E-state index in [1.165, 1.54) is 6.26 Å². The number of carbonyl (C=O) groups is 3. The number of likely N-dealkylation sites (tertiary alicyclic amines) is 1. The fraction of sp³-hybridized carbons (Fsp3) is 0.452. The van der Waals surface area contributed by atoms with Crippen LogP contribution in [0, 0.1) is 0 Å². The fourth-order valence-corrected chi connectivity index (χ4v) is 5.86. The van der Waals surface area contributed by atoms with Crippen molar-refractivity contribution in [3.63, 3.8) is 0 Å². The van der Waals surface area contributed by atoms with Crippen molar-refractivity contribution in [3.05, 3.63) is 65.0 Å². The van der Waals surface area contributed by atoms with Gasteiger partial charge in [0.15, 0.2) is 17.4 Å². The molecule has 1 aromatic carbocycles. The Morgan fingerprint density at radius 1 is 1.05 bits per heavy atom. The van der Waals surface area contributed by atoms with Crippen LogP contribution < -0.4 is 15.1 Å². The molecular weight excluding hydrogens is 556 g/mol. The second-order valence-electron chi connectivity index (χ2n) is 11.2. The number of hydrogen-bond acceptors (Lipinski definition) is 8. The molecule has 42 heavy (non-hydrogen) atoms. The van der Waals surface area contributed by atoms with Gasteiger partial charge in [0.1, 0.15) is 12.1 Å². The summed E-state index contributed by atoms with van der Waals surface area (Å²) < 4.78 is 5.53. The Morgan fingerprint density at radius 2 is 1.86 bits per heavy atom. The van der Waals surface area contributed by atoms with Gasteiger partial charge in [-0.25, -0.2) is 9.97 Å². The number of rotatable bonds is 11. The molecule has 1 saturated carbocycles. The quantitative estimate of drug-likeness (QED) is 0.241. The normalized spacial score (nSPS) is 17.2. The first-order chi connectivity index (χ1) is 20.5. The van der Waals surface area contributed by atoms with Crippen LogP contribution in [0.2, 0.25) is 5.02 Å². The molecule has 220 valence electrons. The third-order valence-electron chi connectivity index (χ3n) is 8.16. The number of anilines is 3. The van der Waals surface area contributed by atoms with Crippen molar-refractivity contribution in [1.82, 2.24) is 14.9 Å². The monoisotopic (exact) mass is 590 g/mol. The van der Waals surface area contributed by atoms with Crippen molar-refractivity contribution in [2.45, 2.75) is 50.9 Å². The van der Waals surface area contributed by atoms with Gasteiger partial charge in [-0.2, -0.15) is 0 Å². The molecule has 2 amide bonds. The van der Waals surface area contributed by atoms with Gasteiger partial charge in [0.05, 0.1) is 16.4 Å². The second kappa shape index (κ2) is 12.5. The highest BCUT2D eigenvalue weighted by Crippen LogP contribution is 2.39. The van der Waals surface area contributed by atoms with Crippen LogP contribution in [0.3, 0.4) is 0 Å². The minimum Gasteiger partial charge on any atom is -0.448 e. The zero-order valence-electron chi connectivity index (χ0n) is 23.6. The number of piperazine rings is 1. The van der Waals surface area contributed by atoms with Gasteiger partial charge < -0.3 is 24.4 Å². The average Bonchev–Trinajstić information content (AvgIpc) is 3.59. The number of pyridine rings is 1. The first-order valence-corrected chi connectivity index (χ1v) is 15.2. The van der Waals surface area contributed by atoms with Gasteiger partial charge in [0, 0.05) is 69.8 Å². The Balaban J connectivity index is 1.15. The molecule has 0 radical (unpaired) electrons. The van der Waals surface area contributed by atoms with E-state index in [2.05, 4.69) is 25.1 Å². The van der Waals surface area contributed by atoms with Crippen LogP contribution in [-0.4, -0.2) is 71.7 Å². The Bertz CT molecular complexity index is 1460. The third-order valence-corrected chi connectivity index (χ3v) is 8.46. The summed E-state index contributed by atoms with van der Waals surface area (Å²) in [4.78, 5) is 53.3. The lowest BCUT2D eigenvalue weighted by molar-refractivity contribution is -0.127. The minimum atomic E-state index is -0.370.